The molecular weight excluding hydrogens is 470 g/mol. The molecule has 2 aromatic carbocycles. The molecule has 10 heteroatoms. The quantitative estimate of drug-likeness (QED) is 0.424. The smallest absolute Gasteiger partial charge is 0.325 e. The van der Waals surface area contributed by atoms with E-state index in [2.05, 4.69) is 17.2 Å². The van der Waals surface area contributed by atoms with Gasteiger partial charge in [0.15, 0.2) is 5.13 Å². The summed E-state index contributed by atoms with van der Waals surface area (Å²) in [5, 5.41) is 4.71. The number of thiazole rings is 1. The summed E-state index contributed by atoms with van der Waals surface area (Å²) in [6.45, 7) is 3.13. The van der Waals surface area contributed by atoms with E-state index in [9.17, 15) is 14.4 Å². The number of methoxy groups -OCH3 is 2. The largest absolute Gasteiger partial charge is 0.497 e. The van der Waals surface area contributed by atoms with Gasteiger partial charge < -0.3 is 19.5 Å². The number of ether oxygens (including phenoxy) is 3. The monoisotopic (exact) mass is 497 g/mol. The van der Waals surface area contributed by atoms with Crippen LogP contribution in [0.1, 0.15) is 35.5 Å². The number of carbonyl (C=O) groups excluding carboxylic acids is 3. The van der Waals surface area contributed by atoms with E-state index in [1.165, 1.54) is 55.1 Å². The molecule has 0 bridgehead atoms. The molecule has 184 valence electrons. The number of rotatable bonds is 10. The first-order valence-corrected chi connectivity index (χ1v) is 11.7. The van der Waals surface area contributed by atoms with E-state index >= 15 is 0 Å². The molecule has 0 unspecified atom stereocenters. The van der Waals surface area contributed by atoms with Gasteiger partial charge in [-0.3, -0.25) is 19.3 Å². The zero-order valence-corrected chi connectivity index (χ0v) is 20.8. The van der Waals surface area contributed by atoms with Crippen LogP contribution in [0.3, 0.4) is 0 Å². The summed E-state index contributed by atoms with van der Waals surface area (Å²) in [4.78, 5) is 42.8. The van der Waals surface area contributed by atoms with Gasteiger partial charge >= 0.3 is 5.97 Å². The third-order valence-electron chi connectivity index (χ3n) is 5.04. The maximum atomic E-state index is 12.4. The van der Waals surface area contributed by atoms with Crippen LogP contribution in [0.5, 0.6) is 11.5 Å². The van der Waals surface area contributed by atoms with Crippen molar-refractivity contribution in [3.8, 4) is 11.5 Å². The van der Waals surface area contributed by atoms with Crippen LogP contribution in [-0.2, 0) is 27.4 Å². The summed E-state index contributed by atoms with van der Waals surface area (Å²) in [6, 6.07) is 12.4. The molecule has 0 aliphatic heterocycles. The number of benzene rings is 2. The number of aromatic nitrogens is 1. The molecule has 3 aromatic rings. The number of aryl methyl sites for hydroxylation is 1. The highest BCUT2D eigenvalue weighted by molar-refractivity contribution is 7.14. The molecule has 0 saturated carbocycles. The van der Waals surface area contributed by atoms with Crippen molar-refractivity contribution < 1.29 is 28.6 Å². The van der Waals surface area contributed by atoms with Crippen LogP contribution in [0.2, 0.25) is 0 Å². The van der Waals surface area contributed by atoms with E-state index in [0.717, 1.165) is 6.42 Å². The van der Waals surface area contributed by atoms with Crippen molar-refractivity contribution in [3.05, 3.63) is 64.7 Å². The number of anilines is 2. The molecule has 1 aromatic heterocycles. The predicted octanol–water partition coefficient (Wildman–Crippen LogP) is 3.88. The molecule has 0 spiro atoms. The van der Waals surface area contributed by atoms with Gasteiger partial charge in [0.25, 0.3) is 5.91 Å². The van der Waals surface area contributed by atoms with Crippen molar-refractivity contribution in [2.24, 2.45) is 0 Å². The minimum Gasteiger partial charge on any atom is -0.497 e. The van der Waals surface area contributed by atoms with E-state index in [4.69, 9.17) is 14.2 Å². The summed E-state index contributed by atoms with van der Waals surface area (Å²) in [5.41, 5.74) is 2.67. The van der Waals surface area contributed by atoms with Gasteiger partial charge in [0, 0.05) is 23.9 Å². The first-order chi connectivity index (χ1) is 16.8. The van der Waals surface area contributed by atoms with Gasteiger partial charge in [-0.25, -0.2) is 4.98 Å². The number of amides is 2. The van der Waals surface area contributed by atoms with Crippen molar-refractivity contribution in [2.75, 3.05) is 25.7 Å². The molecular formula is C25H27N3O6S. The molecule has 0 aliphatic carbocycles. The fraction of sp³-hybridized carbons (Fsp3) is 0.280. The maximum absolute atomic E-state index is 12.4. The van der Waals surface area contributed by atoms with Crippen molar-refractivity contribution >= 4 is 39.9 Å². The highest BCUT2D eigenvalue weighted by Gasteiger charge is 2.19. The first-order valence-electron chi connectivity index (χ1n) is 10.9. The Balaban J connectivity index is 1.56. The average molecular weight is 498 g/mol. The molecule has 35 heavy (non-hydrogen) atoms. The van der Waals surface area contributed by atoms with Gasteiger partial charge in [-0.15, -0.1) is 11.3 Å². The summed E-state index contributed by atoms with van der Waals surface area (Å²) >= 11 is 1.27. The van der Waals surface area contributed by atoms with Crippen molar-refractivity contribution in [1.29, 1.82) is 0 Å². The highest BCUT2D eigenvalue weighted by Crippen LogP contribution is 2.29. The van der Waals surface area contributed by atoms with Gasteiger partial charge in [-0.1, -0.05) is 19.1 Å². The average Bonchev–Trinajstić information content (AvgIpc) is 3.34. The first kappa shape index (κ1) is 25.7. The Kier molecular flexibility index (Phi) is 8.80. The van der Waals surface area contributed by atoms with Crippen LogP contribution in [0.4, 0.5) is 10.8 Å². The number of hydrogen-bond acceptors (Lipinski definition) is 8. The second-order valence-corrected chi connectivity index (χ2v) is 8.28. The third-order valence-corrected chi connectivity index (χ3v) is 5.91. The second-order valence-electron chi connectivity index (χ2n) is 7.44. The molecule has 2 amide bonds. The Labute approximate surface area is 207 Å². The lowest BCUT2D eigenvalue weighted by molar-refractivity contribution is -0.143. The Morgan fingerprint density at radius 2 is 1.69 bits per heavy atom. The van der Waals surface area contributed by atoms with Crippen molar-refractivity contribution in [1.82, 2.24) is 10.3 Å². The standard InChI is InChI=1S/C25H27N3O6S/c1-5-17-6-8-20(9-7-17)28(16(2)29)25-27-19(15-35-25)14-34-23(30)13-26-24(31)18-10-21(32-3)12-22(11-18)33-4/h6-12,15H,5,13-14H2,1-4H3,(H,26,31). The van der Waals surface area contributed by atoms with E-state index in [1.807, 2.05) is 24.3 Å². The zero-order chi connectivity index (χ0) is 25.4. The molecule has 0 atom stereocenters. The Morgan fingerprint density at radius 3 is 2.26 bits per heavy atom. The summed E-state index contributed by atoms with van der Waals surface area (Å²) in [7, 11) is 2.96. The number of nitrogens with one attached hydrogen (secondary N) is 1. The Morgan fingerprint density at radius 1 is 1.03 bits per heavy atom. The normalized spacial score (nSPS) is 10.4. The lowest BCUT2D eigenvalue weighted by atomic mass is 10.1. The van der Waals surface area contributed by atoms with Crippen LogP contribution in [-0.4, -0.2) is 43.5 Å². The number of carbonyl (C=O) groups is 3. The van der Waals surface area contributed by atoms with E-state index in [-0.39, 0.29) is 24.6 Å². The van der Waals surface area contributed by atoms with Gasteiger partial charge in [0.05, 0.1) is 25.6 Å². The van der Waals surface area contributed by atoms with Crippen LogP contribution >= 0.6 is 11.3 Å². The predicted molar refractivity (Wildman–Crippen MR) is 132 cm³/mol. The molecule has 0 radical (unpaired) electrons. The van der Waals surface area contributed by atoms with E-state index < -0.39 is 11.9 Å². The van der Waals surface area contributed by atoms with E-state index in [1.54, 1.807) is 11.4 Å². The number of hydrogen-bond donors (Lipinski definition) is 1. The fourth-order valence-corrected chi connectivity index (χ4v) is 4.04. The van der Waals surface area contributed by atoms with Gasteiger partial charge in [-0.05, 0) is 36.2 Å². The van der Waals surface area contributed by atoms with E-state index in [0.29, 0.717) is 28.0 Å². The molecule has 0 aliphatic rings. The highest BCUT2D eigenvalue weighted by atomic mass is 32.1. The summed E-state index contributed by atoms with van der Waals surface area (Å²) in [6.07, 6.45) is 0.904. The number of esters is 1. The summed E-state index contributed by atoms with van der Waals surface area (Å²) < 4.78 is 15.5. The van der Waals surface area contributed by atoms with Gasteiger partial charge in [0.1, 0.15) is 24.7 Å². The molecule has 3 rings (SSSR count). The molecule has 1 N–H and O–H groups in total. The van der Waals surface area contributed by atoms with Crippen LogP contribution in [0, 0.1) is 0 Å². The fourth-order valence-electron chi connectivity index (χ4n) is 3.17. The Bertz CT molecular complexity index is 1170. The van der Waals surface area contributed by atoms with Crippen molar-refractivity contribution in [3.63, 3.8) is 0 Å². The second kappa shape index (κ2) is 12.0. The lowest BCUT2D eigenvalue weighted by Gasteiger charge is -2.18. The lowest BCUT2D eigenvalue weighted by Crippen LogP contribution is -2.30. The topological polar surface area (TPSA) is 107 Å². The maximum Gasteiger partial charge on any atom is 0.325 e. The number of nitrogens with zero attached hydrogens (tertiary/aromatic N) is 2. The third kappa shape index (κ3) is 6.80. The minimum absolute atomic E-state index is 0.0846. The molecule has 1 heterocycles. The van der Waals surface area contributed by atoms with Gasteiger partial charge in [-0.2, -0.15) is 0 Å². The van der Waals surface area contributed by atoms with Crippen molar-refractivity contribution in [2.45, 2.75) is 26.9 Å². The van der Waals surface area contributed by atoms with Crippen LogP contribution < -0.4 is 19.7 Å². The molecule has 0 fully saturated rings. The zero-order valence-electron chi connectivity index (χ0n) is 20.0. The minimum atomic E-state index is -0.624. The van der Waals surface area contributed by atoms with Crippen LogP contribution in [0.25, 0.3) is 0 Å². The van der Waals surface area contributed by atoms with Gasteiger partial charge in [0.2, 0.25) is 5.91 Å². The molecule has 0 saturated heterocycles. The SMILES string of the molecule is CCc1ccc(N(C(C)=O)c2nc(COC(=O)CNC(=O)c3cc(OC)cc(OC)c3)cs2)cc1. The summed E-state index contributed by atoms with van der Waals surface area (Å²) in [5.74, 6) is -0.360. The van der Waals surface area contributed by atoms with Crippen LogP contribution in [0.15, 0.2) is 47.8 Å². The molecule has 9 nitrogen and oxygen atoms in total. The Hall–Kier alpha value is -3.92.